The van der Waals surface area contributed by atoms with Gasteiger partial charge in [0.05, 0.1) is 36.0 Å². The fraction of sp³-hybridized carbons (Fsp3) is 0.346. The number of pyridine rings is 1. The van der Waals surface area contributed by atoms with E-state index in [1.54, 1.807) is 19.4 Å². The highest BCUT2D eigenvalue weighted by Crippen LogP contribution is 2.44. The summed E-state index contributed by atoms with van der Waals surface area (Å²) in [6.07, 6.45) is 7.57. The minimum Gasteiger partial charge on any atom is -0.344 e. The highest BCUT2D eigenvalue weighted by atomic mass is 35.5. The van der Waals surface area contributed by atoms with Gasteiger partial charge in [-0.05, 0) is 53.6 Å². The van der Waals surface area contributed by atoms with Crippen molar-refractivity contribution in [3.05, 3.63) is 82.2 Å². The summed E-state index contributed by atoms with van der Waals surface area (Å²) in [5, 5.41) is 3.82. The van der Waals surface area contributed by atoms with Gasteiger partial charge in [-0.15, -0.1) is 0 Å². The molecule has 1 fully saturated rings. The number of carbonyl (C=O) groups excluding carboxylic acids is 1. The number of aromatic nitrogens is 3. The number of imidazole rings is 1. The highest BCUT2D eigenvalue weighted by Gasteiger charge is 2.34. The van der Waals surface area contributed by atoms with E-state index in [1.165, 1.54) is 0 Å². The van der Waals surface area contributed by atoms with Crippen molar-refractivity contribution in [3.63, 3.8) is 0 Å². The van der Waals surface area contributed by atoms with Gasteiger partial charge in [0.25, 0.3) is 0 Å². The molecule has 1 amide bonds. The Morgan fingerprint density at radius 2 is 1.97 bits per heavy atom. The summed E-state index contributed by atoms with van der Waals surface area (Å²) in [5.74, 6) is -0.109. The third-order valence-electron chi connectivity index (χ3n) is 6.77. The number of hydrogen-bond acceptors (Lipinski definition) is 5. The van der Waals surface area contributed by atoms with Gasteiger partial charge in [0.1, 0.15) is 0 Å². The highest BCUT2D eigenvalue weighted by molar-refractivity contribution is 6.30. The second kappa shape index (κ2) is 9.33. The Morgan fingerprint density at radius 1 is 1.18 bits per heavy atom. The summed E-state index contributed by atoms with van der Waals surface area (Å²) in [6.45, 7) is 5.45. The van der Waals surface area contributed by atoms with E-state index < -0.39 is 0 Å². The zero-order chi connectivity index (χ0) is 23.8. The maximum Gasteiger partial charge on any atom is 0.217 e. The van der Waals surface area contributed by atoms with Crippen LogP contribution in [0.3, 0.4) is 0 Å². The Morgan fingerprint density at radius 3 is 2.68 bits per heavy atom. The van der Waals surface area contributed by atoms with Gasteiger partial charge < -0.3 is 14.8 Å². The van der Waals surface area contributed by atoms with Gasteiger partial charge in [0.2, 0.25) is 5.91 Å². The number of hydrogen-bond donors (Lipinski definition) is 1. The molecule has 0 radical (unpaired) electrons. The molecule has 0 spiro atoms. The summed E-state index contributed by atoms with van der Waals surface area (Å²) in [4.78, 5) is 26.4. The van der Waals surface area contributed by atoms with Crippen molar-refractivity contribution in [3.8, 4) is 0 Å². The Bertz CT molecular complexity index is 1240. The van der Waals surface area contributed by atoms with Crippen molar-refractivity contribution >= 4 is 29.2 Å². The smallest absolute Gasteiger partial charge is 0.217 e. The molecule has 2 aliphatic rings. The molecule has 34 heavy (non-hydrogen) atoms. The van der Waals surface area contributed by atoms with Crippen LogP contribution in [0.25, 0.3) is 11.6 Å². The molecule has 176 valence electrons. The predicted molar refractivity (Wildman–Crippen MR) is 134 cm³/mol. The molecule has 2 aromatic heterocycles. The zero-order valence-electron chi connectivity index (χ0n) is 19.7. The van der Waals surface area contributed by atoms with Gasteiger partial charge in [-0.3, -0.25) is 14.7 Å². The molecule has 0 bridgehead atoms. The van der Waals surface area contributed by atoms with E-state index in [0.29, 0.717) is 5.02 Å². The minimum atomic E-state index is -0.387. The first-order valence-corrected chi connectivity index (χ1v) is 11.9. The van der Waals surface area contributed by atoms with Crippen molar-refractivity contribution in [2.75, 3.05) is 33.2 Å². The molecule has 1 aliphatic heterocycles. The topological polar surface area (TPSA) is 66.3 Å². The lowest BCUT2D eigenvalue weighted by molar-refractivity contribution is -0.119. The van der Waals surface area contributed by atoms with E-state index in [4.69, 9.17) is 16.6 Å². The van der Waals surface area contributed by atoms with Crippen LogP contribution in [0.5, 0.6) is 0 Å². The molecule has 1 aliphatic carbocycles. The zero-order valence-corrected chi connectivity index (χ0v) is 20.5. The van der Waals surface area contributed by atoms with Gasteiger partial charge in [0, 0.05) is 51.4 Å². The number of halogens is 1. The summed E-state index contributed by atoms with van der Waals surface area (Å²) in [5.41, 5.74) is 6.12. The largest absolute Gasteiger partial charge is 0.344 e. The lowest BCUT2D eigenvalue weighted by Crippen LogP contribution is -2.46. The Balaban J connectivity index is 1.74. The van der Waals surface area contributed by atoms with Crippen LogP contribution in [-0.2, 0) is 11.8 Å². The summed E-state index contributed by atoms with van der Waals surface area (Å²) < 4.78 is 1.94. The third-order valence-corrected chi connectivity index (χ3v) is 7.01. The molecule has 3 heterocycles. The van der Waals surface area contributed by atoms with Crippen LogP contribution in [0.1, 0.15) is 47.1 Å². The molecule has 2 atom stereocenters. The predicted octanol–water partition coefficient (Wildman–Crippen LogP) is 3.54. The lowest BCUT2D eigenvalue weighted by atomic mass is 9.89. The van der Waals surface area contributed by atoms with E-state index in [-0.39, 0.29) is 18.0 Å². The molecule has 1 aromatic carbocycles. The van der Waals surface area contributed by atoms with Gasteiger partial charge >= 0.3 is 0 Å². The summed E-state index contributed by atoms with van der Waals surface area (Å²) >= 11 is 6.56. The first-order valence-electron chi connectivity index (χ1n) is 11.5. The molecular formula is C26H29ClN6O. The molecular weight excluding hydrogens is 448 g/mol. The second-order valence-corrected chi connectivity index (χ2v) is 9.55. The van der Waals surface area contributed by atoms with Crippen LogP contribution >= 0.6 is 11.6 Å². The maximum atomic E-state index is 12.3. The van der Waals surface area contributed by atoms with E-state index in [0.717, 1.165) is 59.8 Å². The quantitative estimate of drug-likeness (QED) is 0.624. The summed E-state index contributed by atoms with van der Waals surface area (Å²) in [6, 6.07) is 9.76. The normalized spacial score (nSPS) is 19.5. The van der Waals surface area contributed by atoms with Crippen molar-refractivity contribution in [2.45, 2.75) is 19.0 Å². The van der Waals surface area contributed by atoms with Crippen molar-refractivity contribution in [1.29, 1.82) is 0 Å². The number of nitrogens with one attached hydrogen (secondary N) is 1. The number of fused-ring (bicyclic) bond motifs is 2. The third kappa shape index (κ3) is 4.27. The van der Waals surface area contributed by atoms with Crippen molar-refractivity contribution in [1.82, 2.24) is 29.7 Å². The minimum absolute atomic E-state index is 0.00423. The van der Waals surface area contributed by atoms with E-state index in [9.17, 15) is 4.79 Å². The van der Waals surface area contributed by atoms with Crippen LogP contribution in [0.15, 0.2) is 49.1 Å². The average molecular weight is 477 g/mol. The second-order valence-electron chi connectivity index (χ2n) is 9.11. The fourth-order valence-electron chi connectivity index (χ4n) is 5.04. The van der Waals surface area contributed by atoms with Crippen LogP contribution in [0.4, 0.5) is 0 Å². The molecule has 1 unspecified atom stereocenters. The lowest BCUT2D eigenvalue weighted by Gasteiger charge is -2.38. The van der Waals surface area contributed by atoms with Gasteiger partial charge in [-0.2, -0.15) is 0 Å². The number of nitrogens with zero attached hydrogens (tertiary/aromatic N) is 5. The Hall–Kier alpha value is -3.00. The molecule has 8 heteroatoms. The molecule has 5 rings (SSSR count). The average Bonchev–Trinajstić information content (AvgIpc) is 3.18. The first-order chi connectivity index (χ1) is 16.4. The van der Waals surface area contributed by atoms with Crippen LogP contribution in [0.2, 0.25) is 5.02 Å². The Kier molecular flexibility index (Phi) is 6.25. The van der Waals surface area contributed by atoms with Crippen LogP contribution in [0, 0.1) is 0 Å². The number of aryl methyl sites for hydroxylation is 1. The van der Waals surface area contributed by atoms with E-state index in [2.05, 4.69) is 45.4 Å². The van der Waals surface area contributed by atoms with Crippen LogP contribution in [-0.4, -0.2) is 63.5 Å². The molecule has 3 aromatic rings. The van der Waals surface area contributed by atoms with Gasteiger partial charge in [-0.25, -0.2) is 4.98 Å². The standard InChI is InChI=1S/C26H29ClN6O/c1-17(34)30-25(23-15-28-16-32(23)3)22-13-18-5-4-8-29-24(18)26(33-11-9-31(2)10-12-33)20-7-6-19(27)14-21(20)22/h4-8,13-16,25-26H,9-12H2,1-3H3,(H,30,34)/t25?,26-/m0/s1. The van der Waals surface area contributed by atoms with Crippen molar-refractivity contribution < 1.29 is 4.79 Å². The van der Waals surface area contributed by atoms with Gasteiger partial charge in [0.15, 0.2) is 0 Å². The molecule has 7 nitrogen and oxygen atoms in total. The van der Waals surface area contributed by atoms with Crippen LogP contribution < -0.4 is 5.32 Å². The number of carbonyl (C=O) groups is 1. The van der Waals surface area contributed by atoms with E-state index in [1.807, 2.05) is 36.0 Å². The van der Waals surface area contributed by atoms with Gasteiger partial charge in [-0.1, -0.05) is 23.7 Å². The molecule has 1 saturated heterocycles. The Labute approximate surface area is 205 Å². The molecule has 0 saturated carbocycles. The number of rotatable bonds is 4. The number of benzene rings is 1. The number of piperazine rings is 1. The summed E-state index contributed by atoms with van der Waals surface area (Å²) in [7, 11) is 4.10. The molecule has 1 N–H and O–H groups in total. The van der Waals surface area contributed by atoms with E-state index >= 15 is 0 Å². The maximum absolute atomic E-state index is 12.3. The number of amides is 1. The number of likely N-dealkylation sites (N-methyl/N-ethyl adjacent to an activating group) is 1. The first kappa shape index (κ1) is 22.8. The SMILES string of the molecule is CC(=O)NC(C1=Cc2cccnc2[C@@H](N2CCN(C)CC2)c2ccc(Cl)cc21)c1cncn1C. The fourth-order valence-corrected chi connectivity index (χ4v) is 5.21. The van der Waals surface area contributed by atoms with Crippen molar-refractivity contribution in [2.24, 2.45) is 7.05 Å². The monoisotopic (exact) mass is 476 g/mol.